The van der Waals surface area contributed by atoms with Crippen molar-refractivity contribution in [1.82, 2.24) is 10.3 Å². The average molecular weight is 256 g/mol. The standard InChI is InChI=1S/C16H20N2O/c1-16(2,3)14-7-12(15-9-18-10-19-15)6-11-4-5-17-8-13(11)14/h6-7,9-10,17H,4-5,8H2,1-3H3. The Morgan fingerprint density at radius 1 is 1.26 bits per heavy atom. The van der Waals surface area contributed by atoms with E-state index in [-0.39, 0.29) is 5.41 Å². The van der Waals surface area contributed by atoms with Crippen molar-refractivity contribution in [3.63, 3.8) is 0 Å². The monoisotopic (exact) mass is 256 g/mol. The Bertz CT molecular complexity index is 580. The Labute approximate surface area is 114 Å². The number of nitrogens with zero attached hydrogens (tertiary/aromatic N) is 1. The van der Waals surface area contributed by atoms with Gasteiger partial charge >= 0.3 is 0 Å². The molecule has 1 aromatic heterocycles. The highest BCUT2D eigenvalue weighted by molar-refractivity contribution is 5.62. The lowest BCUT2D eigenvalue weighted by Gasteiger charge is -2.28. The number of hydrogen-bond donors (Lipinski definition) is 1. The molecule has 3 nitrogen and oxygen atoms in total. The van der Waals surface area contributed by atoms with Gasteiger partial charge in [-0.05, 0) is 47.2 Å². The number of benzene rings is 1. The van der Waals surface area contributed by atoms with E-state index in [4.69, 9.17) is 4.42 Å². The third-order valence-corrected chi connectivity index (χ3v) is 3.74. The van der Waals surface area contributed by atoms with Crippen molar-refractivity contribution >= 4 is 0 Å². The number of aromatic nitrogens is 1. The Kier molecular flexibility index (Phi) is 2.94. The van der Waals surface area contributed by atoms with E-state index in [0.29, 0.717) is 0 Å². The van der Waals surface area contributed by atoms with E-state index in [1.165, 1.54) is 23.1 Å². The zero-order valence-corrected chi connectivity index (χ0v) is 11.8. The first-order valence-corrected chi connectivity index (χ1v) is 6.81. The van der Waals surface area contributed by atoms with E-state index in [9.17, 15) is 0 Å². The SMILES string of the molecule is CC(C)(C)c1cc(-c2cnco2)cc2c1CNCC2. The minimum Gasteiger partial charge on any atom is -0.444 e. The van der Waals surface area contributed by atoms with Crippen LogP contribution in [0.25, 0.3) is 11.3 Å². The lowest BCUT2D eigenvalue weighted by atomic mass is 9.79. The molecule has 1 N–H and O–H groups in total. The van der Waals surface area contributed by atoms with Crippen LogP contribution in [0.3, 0.4) is 0 Å². The second kappa shape index (κ2) is 4.49. The van der Waals surface area contributed by atoms with E-state index in [1.54, 1.807) is 6.20 Å². The first-order valence-electron chi connectivity index (χ1n) is 6.81. The van der Waals surface area contributed by atoms with Crippen molar-refractivity contribution in [2.45, 2.75) is 39.2 Å². The van der Waals surface area contributed by atoms with Crippen LogP contribution in [-0.2, 0) is 18.4 Å². The molecule has 0 saturated heterocycles. The van der Waals surface area contributed by atoms with Gasteiger partial charge in [0.05, 0.1) is 6.20 Å². The molecule has 2 heterocycles. The molecule has 0 bridgehead atoms. The van der Waals surface area contributed by atoms with E-state index >= 15 is 0 Å². The van der Waals surface area contributed by atoms with Gasteiger partial charge in [0, 0.05) is 12.1 Å². The maximum atomic E-state index is 5.45. The summed E-state index contributed by atoms with van der Waals surface area (Å²) < 4.78 is 5.45. The normalized spacial score (nSPS) is 15.3. The summed E-state index contributed by atoms with van der Waals surface area (Å²) in [4.78, 5) is 4.02. The number of fused-ring (bicyclic) bond motifs is 1. The van der Waals surface area contributed by atoms with Crippen LogP contribution < -0.4 is 5.32 Å². The van der Waals surface area contributed by atoms with E-state index in [2.05, 4.69) is 43.2 Å². The van der Waals surface area contributed by atoms with E-state index in [1.807, 2.05) is 0 Å². The van der Waals surface area contributed by atoms with Crippen molar-refractivity contribution in [2.75, 3.05) is 6.54 Å². The minimum absolute atomic E-state index is 0.138. The molecule has 3 heteroatoms. The fraction of sp³-hybridized carbons (Fsp3) is 0.438. The van der Waals surface area contributed by atoms with Crippen LogP contribution in [0.4, 0.5) is 0 Å². The summed E-state index contributed by atoms with van der Waals surface area (Å²) in [5.74, 6) is 0.854. The molecule has 0 unspecified atom stereocenters. The van der Waals surface area contributed by atoms with Gasteiger partial charge < -0.3 is 9.73 Å². The lowest BCUT2D eigenvalue weighted by molar-refractivity contribution is 0.555. The molecule has 0 radical (unpaired) electrons. The molecule has 1 aromatic carbocycles. The number of rotatable bonds is 1. The average Bonchev–Trinajstić information content (AvgIpc) is 2.90. The smallest absolute Gasteiger partial charge is 0.181 e. The Morgan fingerprint density at radius 2 is 2.11 bits per heavy atom. The van der Waals surface area contributed by atoms with Gasteiger partial charge in [0.2, 0.25) is 0 Å². The summed E-state index contributed by atoms with van der Waals surface area (Å²) >= 11 is 0. The zero-order chi connectivity index (χ0) is 13.5. The summed E-state index contributed by atoms with van der Waals surface area (Å²) in [6, 6.07) is 4.51. The van der Waals surface area contributed by atoms with Gasteiger partial charge in [-0.1, -0.05) is 20.8 Å². The lowest BCUT2D eigenvalue weighted by Crippen LogP contribution is -2.27. The van der Waals surface area contributed by atoms with Gasteiger partial charge in [0.15, 0.2) is 12.2 Å². The Balaban J connectivity index is 2.19. The summed E-state index contributed by atoms with van der Waals surface area (Å²) in [5, 5.41) is 3.47. The summed E-state index contributed by atoms with van der Waals surface area (Å²) in [6.07, 6.45) is 4.36. The molecule has 0 spiro atoms. The Morgan fingerprint density at radius 3 is 2.79 bits per heavy atom. The van der Waals surface area contributed by atoms with Crippen LogP contribution in [-0.4, -0.2) is 11.5 Å². The van der Waals surface area contributed by atoms with Gasteiger partial charge in [0.25, 0.3) is 0 Å². The molecular formula is C16H20N2O. The van der Waals surface area contributed by atoms with Gasteiger partial charge in [-0.2, -0.15) is 0 Å². The molecule has 100 valence electrons. The molecule has 1 aliphatic rings. The van der Waals surface area contributed by atoms with Crippen LogP contribution in [0.5, 0.6) is 0 Å². The number of oxazole rings is 1. The fourth-order valence-corrected chi connectivity index (χ4v) is 2.77. The zero-order valence-electron chi connectivity index (χ0n) is 11.8. The highest BCUT2D eigenvalue weighted by atomic mass is 16.3. The Hall–Kier alpha value is -1.61. The third-order valence-electron chi connectivity index (χ3n) is 3.74. The minimum atomic E-state index is 0.138. The molecular weight excluding hydrogens is 236 g/mol. The van der Waals surface area contributed by atoms with E-state index in [0.717, 1.165) is 30.8 Å². The molecule has 0 saturated carbocycles. The molecule has 0 amide bonds. The molecule has 0 atom stereocenters. The quantitative estimate of drug-likeness (QED) is 0.851. The van der Waals surface area contributed by atoms with Crippen LogP contribution in [0.2, 0.25) is 0 Å². The highest BCUT2D eigenvalue weighted by Crippen LogP contribution is 2.34. The van der Waals surface area contributed by atoms with Crippen molar-refractivity contribution in [3.05, 3.63) is 41.4 Å². The number of hydrogen-bond acceptors (Lipinski definition) is 3. The first kappa shape index (κ1) is 12.4. The second-order valence-electron chi connectivity index (χ2n) is 6.20. The molecule has 19 heavy (non-hydrogen) atoms. The highest BCUT2D eigenvalue weighted by Gasteiger charge is 2.23. The van der Waals surface area contributed by atoms with Gasteiger partial charge in [-0.15, -0.1) is 0 Å². The predicted molar refractivity (Wildman–Crippen MR) is 76.0 cm³/mol. The fourth-order valence-electron chi connectivity index (χ4n) is 2.77. The van der Waals surface area contributed by atoms with Crippen molar-refractivity contribution < 1.29 is 4.42 Å². The largest absolute Gasteiger partial charge is 0.444 e. The molecule has 2 aromatic rings. The maximum absolute atomic E-state index is 5.45. The van der Waals surface area contributed by atoms with Gasteiger partial charge in [0.1, 0.15) is 0 Å². The van der Waals surface area contributed by atoms with Crippen LogP contribution in [0, 0.1) is 0 Å². The molecule has 0 aliphatic carbocycles. The van der Waals surface area contributed by atoms with Crippen LogP contribution in [0.1, 0.15) is 37.5 Å². The third kappa shape index (κ3) is 2.30. The summed E-state index contributed by atoms with van der Waals surface area (Å²) in [5.41, 5.74) is 5.59. The maximum Gasteiger partial charge on any atom is 0.181 e. The van der Waals surface area contributed by atoms with Crippen molar-refractivity contribution in [2.24, 2.45) is 0 Å². The first-order chi connectivity index (χ1) is 9.05. The molecule has 1 aliphatic heterocycles. The molecule has 0 fully saturated rings. The van der Waals surface area contributed by atoms with E-state index < -0.39 is 0 Å². The molecule has 3 rings (SSSR count). The second-order valence-corrected chi connectivity index (χ2v) is 6.20. The van der Waals surface area contributed by atoms with Gasteiger partial charge in [-0.3, -0.25) is 0 Å². The predicted octanol–water partition coefficient (Wildman–Crippen LogP) is 3.28. The van der Waals surface area contributed by atoms with Crippen molar-refractivity contribution in [3.8, 4) is 11.3 Å². The van der Waals surface area contributed by atoms with Crippen molar-refractivity contribution in [1.29, 1.82) is 0 Å². The topological polar surface area (TPSA) is 38.1 Å². The number of nitrogens with one attached hydrogen (secondary N) is 1. The van der Waals surface area contributed by atoms with Crippen LogP contribution >= 0.6 is 0 Å². The van der Waals surface area contributed by atoms with Gasteiger partial charge in [-0.25, -0.2) is 4.98 Å². The summed E-state index contributed by atoms with van der Waals surface area (Å²) in [7, 11) is 0. The summed E-state index contributed by atoms with van der Waals surface area (Å²) in [6.45, 7) is 8.82. The van der Waals surface area contributed by atoms with Crippen LogP contribution in [0.15, 0.2) is 29.1 Å².